The largest absolute Gasteiger partial charge is 0.447 e. The molecule has 0 aliphatic heterocycles. The van der Waals surface area contributed by atoms with Crippen LogP contribution < -0.4 is 10.6 Å². The normalized spacial score (nSPS) is 20.9. The predicted octanol–water partition coefficient (Wildman–Crippen LogP) is 8.07. The molecule has 2 N–H and O–H groups in total. The molecule has 248 valence electrons. The molecular formula is C32H66N2O6Si2. The minimum absolute atomic E-state index is 0.0214. The maximum atomic E-state index is 12.5. The van der Waals surface area contributed by atoms with Gasteiger partial charge >= 0.3 is 12.2 Å². The molecule has 1 aliphatic carbocycles. The molecular weight excluding hydrogens is 565 g/mol. The fourth-order valence-corrected chi connectivity index (χ4v) is 9.11. The van der Waals surface area contributed by atoms with Gasteiger partial charge in [0.2, 0.25) is 0 Å². The van der Waals surface area contributed by atoms with E-state index in [0.717, 1.165) is 43.2 Å². The summed E-state index contributed by atoms with van der Waals surface area (Å²) < 4.78 is 22.1. The Kier molecular flexibility index (Phi) is 16.7. The van der Waals surface area contributed by atoms with Gasteiger partial charge in [-0.25, -0.2) is 9.59 Å². The minimum Gasteiger partial charge on any atom is -0.447 e. The SMILES string of the molecule is CC(C)[Si](C)(C)CCCOCCOC(=O)NCC1(C)CC(NC(=O)OCCOCCC[Si](C)(C)C(C)C)CC(C)(C)C1. The molecule has 1 aliphatic rings. The molecule has 0 radical (unpaired) electrons. The van der Waals surface area contributed by atoms with Gasteiger partial charge in [-0.05, 0) is 42.9 Å². The molecule has 2 atom stereocenters. The lowest BCUT2D eigenvalue weighted by atomic mass is 9.62. The van der Waals surface area contributed by atoms with E-state index in [0.29, 0.717) is 33.0 Å². The number of carbonyl (C=O) groups excluding carboxylic acids is 2. The Hall–Kier alpha value is -1.11. The van der Waals surface area contributed by atoms with Gasteiger partial charge in [-0.1, -0.05) is 97.8 Å². The van der Waals surface area contributed by atoms with E-state index < -0.39 is 28.3 Å². The smallest absolute Gasteiger partial charge is 0.407 e. The van der Waals surface area contributed by atoms with Gasteiger partial charge in [0.05, 0.1) is 13.2 Å². The monoisotopic (exact) mass is 630 g/mol. The molecule has 0 aromatic rings. The molecule has 8 nitrogen and oxygen atoms in total. The molecule has 0 bridgehead atoms. The van der Waals surface area contributed by atoms with E-state index in [1.54, 1.807) is 0 Å². The third-order valence-electron chi connectivity index (χ3n) is 9.69. The van der Waals surface area contributed by atoms with Gasteiger partial charge in [-0.3, -0.25) is 0 Å². The third-order valence-corrected chi connectivity index (χ3v) is 19.2. The van der Waals surface area contributed by atoms with Crippen molar-refractivity contribution in [3.63, 3.8) is 0 Å². The fraction of sp³-hybridized carbons (Fsp3) is 0.938. The van der Waals surface area contributed by atoms with Crippen LogP contribution in [0.1, 0.15) is 80.6 Å². The van der Waals surface area contributed by atoms with Gasteiger partial charge in [0.15, 0.2) is 0 Å². The molecule has 1 saturated carbocycles. The minimum atomic E-state index is -1.16. The van der Waals surface area contributed by atoms with E-state index in [1.165, 1.54) is 12.1 Å². The highest BCUT2D eigenvalue weighted by Gasteiger charge is 2.42. The van der Waals surface area contributed by atoms with Crippen molar-refractivity contribution in [1.29, 1.82) is 0 Å². The van der Waals surface area contributed by atoms with Crippen LogP contribution in [0.5, 0.6) is 0 Å². The summed E-state index contributed by atoms with van der Waals surface area (Å²) in [5.41, 5.74) is 1.40. The van der Waals surface area contributed by atoms with Crippen LogP contribution in [0.25, 0.3) is 0 Å². The van der Waals surface area contributed by atoms with Crippen molar-refractivity contribution in [3.8, 4) is 0 Å². The van der Waals surface area contributed by atoms with E-state index in [-0.39, 0.29) is 30.1 Å². The van der Waals surface area contributed by atoms with E-state index in [9.17, 15) is 9.59 Å². The summed E-state index contributed by atoms with van der Waals surface area (Å²) in [7, 11) is -2.31. The Labute approximate surface area is 260 Å². The summed E-state index contributed by atoms with van der Waals surface area (Å²) in [6.07, 6.45) is 3.87. The Bertz CT molecular complexity index is 806. The summed E-state index contributed by atoms with van der Waals surface area (Å²) in [4.78, 5) is 24.9. The second kappa shape index (κ2) is 18.0. The molecule has 0 aromatic heterocycles. The van der Waals surface area contributed by atoms with E-state index in [4.69, 9.17) is 18.9 Å². The van der Waals surface area contributed by atoms with Gasteiger partial charge in [0.25, 0.3) is 0 Å². The zero-order valence-electron chi connectivity index (χ0n) is 29.1. The molecule has 2 unspecified atom stereocenters. The Morgan fingerprint density at radius 1 is 0.738 bits per heavy atom. The Balaban J connectivity index is 2.30. The quantitative estimate of drug-likeness (QED) is 0.111. The average molecular weight is 631 g/mol. The molecule has 1 rings (SSSR count). The van der Waals surface area contributed by atoms with Crippen LogP contribution in [0.4, 0.5) is 9.59 Å². The van der Waals surface area contributed by atoms with Crippen molar-refractivity contribution in [2.45, 2.75) is 136 Å². The first-order valence-corrected chi connectivity index (χ1v) is 22.9. The first-order valence-electron chi connectivity index (χ1n) is 16.4. The van der Waals surface area contributed by atoms with E-state index in [2.05, 4.69) is 85.3 Å². The summed E-state index contributed by atoms with van der Waals surface area (Å²) >= 11 is 0. The first kappa shape index (κ1) is 38.9. The molecule has 10 heteroatoms. The number of hydrogen-bond donors (Lipinski definition) is 2. The highest BCUT2D eigenvalue weighted by atomic mass is 28.3. The number of ether oxygens (including phenoxy) is 4. The topological polar surface area (TPSA) is 95.1 Å². The first-order chi connectivity index (χ1) is 19.4. The number of amides is 2. The van der Waals surface area contributed by atoms with Crippen molar-refractivity contribution in [3.05, 3.63) is 0 Å². The average Bonchev–Trinajstić information content (AvgIpc) is 2.84. The van der Waals surface area contributed by atoms with Crippen molar-refractivity contribution in [1.82, 2.24) is 10.6 Å². The van der Waals surface area contributed by atoms with Crippen LogP contribution in [0.15, 0.2) is 0 Å². The van der Waals surface area contributed by atoms with Gasteiger partial charge in [0, 0.05) is 41.9 Å². The van der Waals surface area contributed by atoms with Crippen molar-refractivity contribution >= 4 is 28.3 Å². The highest BCUT2D eigenvalue weighted by molar-refractivity contribution is 6.79. The van der Waals surface area contributed by atoms with Gasteiger partial charge in [-0.15, -0.1) is 0 Å². The molecule has 42 heavy (non-hydrogen) atoms. The molecule has 0 aromatic carbocycles. The summed E-state index contributed by atoms with van der Waals surface area (Å²) in [5, 5.41) is 6.00. The molecule has 0 spiro atoms. The standard InChI is InChI=1S/C32H66N2O6Si2/c1-26(2)41(8,9)20-12-14-37-16-18-39-29(35)33-25-32(7)23-28(22-31(5,6)24-32)34-30(36)40-19-17-38-15-13-21-42(10,11)27(3)4/h26-28H,12-25H2,1-11H3,(H,33,35)(H,34,36). The van der Waals surface area contributed by atoms with E-state index >= 15 is 0 Å². The van der Waals surface area contributed by atoms with Crippen LogP contribution in [0, 0.1) is 10.8 Å². The van der Waals surface area contributed by atoms with Crippen LogP contribution >= 0.6 is 0 Å². The second-order valence-electron chi connectivity index (χ2n) is 15.7. The van der Waals surface area contributed by atoms with Crippen molar-refractivity contribution in [2.24, 2.45) is 10.8 Å². The number of carbonyl (C=O) groups is 2. The lowest BCUT2D eigenvalue weighted by molar-refractivity contribution is 0.0488. The fourth-order valence-electron chi connectivity index (χ4n) is 5.84. The summed E-state index contributed by atoms with van der Waals surface area (Å²) in [6, 6.07) is 2.48. The Morgan fingerprint density at radius 3 is 1.69 bits per heavy atom. The third kappa shape index (κ3) is 16.1. The molecule has 0 saturated heterocycles. The molecule has 1 fully saturated rings. The van der Waals surface area contributed by atoms with Crippen LogP contribution in [-0.4, -0.2) is 80.6 Å². The van der Waals surface area contributed by atoms with E-state index in [1.807, 2.05) is 0 Å². The van der Waals surface area contributed by atoms with Crippen molar-refractivity contribution in [2.75, 3.05) is 46.2 Å². The zero-order chi connectivity index (χ0) is 32.0. The van der Waals surface area contributed by atoms with Gasteiger partial charge in [0.1, 0.15) is 13.2 Å². The van der Waals surface area contributed by atoms with Crippen molar-refractivity contribution < 1.29 is 28.5 Å². The predicted molar refractivity (Wildman–Crippen MR) is 179 cm³/mol. The van der Waals surface area contributed by atoms with Crippen LogP contribution in [0.3, 0.4) is 0 Å². The lowest BCUT2D eigenvalue weighted by Gasteiger charge is -2.46. The maximum Gasteiger partial charge on any atom is 0.407 e. The van der Waals surface area contributed by atoms with Crippen LogP contribution in [-0.2, 0) is 18.9 Å². The summed E-state index contributed by atoms with van der Waals surface area (Å²) in [6.45, 7) is 28.8. The Morgan fingerprint density at radius 2 is 1.21 bits per heavy atom. The lowest BCUT2D eigenvalue weighted by Crippen LogP contribution is -2.50. The number of alkyl carbamates (subject to hydrolysis) is 2. The molecule has 2 amide bonds. The number of rotatable bonds is 19. The highest BCUT2D eigenvalue weighted by Crippen LogP contribution is 2.45. The number of nitrogens with one attached hydrogen (secondary N) is 2. The summed E-state index contributed by atoms with van der Waals surface area (Å²) in [5.74, 6) is 0. The maximum absolute atomic E-state index is 12.5. The number of hydrogen-bond acceptors (Lipinski definition) is 6. The second-order valence-corrected chi connectivity index (χ2v) is 27.0. The van der Waals surface area contributed by atoms with Gasteiger partial charge < -0.3 is 29.6 Å². The van der Waals surface area contributed by atoms with Crippen LogP contribution in [0.2, 0.25) is 49.4 Å². The zero-order valence-corrected chi connectivity index (χ0v) is 31.1. The van der Waals surface area contributed by atoms with Gasteiger partial charge in [-0.2, -0.15) is 0 Å². The molecule has 0 heterocycles.